The zero-order valence-corrected chi connectivity index (χ0v) is 12.6. The maximum atomic E-state index is 6.00. The van der Waals surface area contributed by atoms with Gasteiger partial charge in [-0.05, 0) is 65.3 Å². The van der Waals surface area contributed by atoms with E-state index in [4.69, 9.17) is 14.2 Å². The first kappa shape index (κ1) is 14.0. The van der Waals surface area contributed by atoms with E-state index < -0.39 is 0 Å². The lowest BCUT2D eigenvalue weighted by atomic mass is 9.91. The molecule has 5 nitrogen and oxygen atoms in total. The van der Waals surface area contributed by atoms with Gasteiger partial charge in [0.15, 0.2) is 0 Å². The van der Waals surface area contributed by atoms with Crippen LogP contribution in [0.1, 0.15) is 70.5 Å². The van der Waals surface area contributed by atoms with Crippen molar-refractivity contribution in [3.8, 4) is 0 Å². The Bertz CT molecular complexity index is 446. The number of hydrogen-bond donors (Lipinski definition) is 1. The lowest BCUT2D eigenvalue weighted by Crippen LogP contribution is -2.43. The summed E-state index contributed by atoms with van der Waals surface area (Å²) >= 11 is 0. The van der Waals surface area contributed by atoms with E-state index in [1.165, 1.54) is 25.7 Å². The summed E-state index contributed by atoms with van der Waals surface area (Å²) in [4.78, 5) is 4.71. The van der Waals surface area contributed by atoms with Crippen molar-refractivity contribution < 1.29 is 9.26 Å². The van der Waals surface area contributed by atoms with Gasteiger partial charge in [0.05, 0.1) is 5.54 Å². The molecule has 1 aromatic heterocycles. The Morgan fingerprint density at radius 1 is 1.20 bits per heavy atom. The minimum absolute atomic E-state index is 0.171. The Morgan fingerprint density at radius 3 is 2.60 bits per heavy atom. The fourth-order valence-corrected chi connectivity index (χ4v) is 3.53. The molecule has 1 saturated carbocycles. The number of aromatic nitrogens is 2. The first-order chi connectivity index (χ1) is 9.69. The summed E-state index contributed by atoms with van der Waals surface area (Å²) in [7, 11) is 0. The number of ether oxygens (including phenoxy) is 1. The highest BCUT2D eigenvalue weighted by atomic mass is 16.5. The van der Waals surface area contributed by atoms with Gasteiger partial charge in [0.25, 0.3) is 0 Å². The third-order valence-corrected chi connectivity index (χ3v) is 4.76. The molecule has 20 heavy (non-hydrogen) atoms. The molecule has 112 valence electrons. The van der Waals surface area contributed by atoms with Crippen molar-refractivity contribution in [3.63, 3.8) is 0 Å². The average molecular weight is 279 g/mol. The van der Waals surface area contributed by atoms with E-state index in [0.717, 1.165) is 37.5 Å². The molecule has 3 rings (SSSR count). The molecular formula is C15H25N3O2. The van der Waals surface area contributed by atoms with Crippen molar-refractivity contribution in [2.45, 2.75) is 69.9 Å². The zero-order chi connectivity index (χ0) is 14.1. The van der Waals surface area contributed by atoms with Gasteiger partial charge < -0.3 is 14.6 Å². The normalized spacial score (nSPS) is 29.7. The molecule has 2 fully saturated rings. The number of nitrogens with one attached hydrogen (secondary N) is 1. The summed E-state index contributed by atoms with van der Waals surface area (Å²) < 4.78 is 11.6. The van der Waals surface area contributed by atoms with Crippen LogP contribution in [0.25, 0.3) is 0 Å². The molecule has 0 bridgehead atoms. The van der Waals surface area contributed by atoms with Gasteiger partial charge in [-0.2, -0.15) is 4.98 Å². The highest BCUT2D eigenvalue weighted by Crippen LogP contribution is 2.41. The van der Waals surface area contributed by atoms with E-state index >= 15 is 0 Å². The van der Waals surface area contributed by atoms with Gasteiger partial charge in [0.2, 0.25) is 11.7 Å². The standard InChI is InChI=1S/C15H25N3O2/c1-3-19-15(9-4-5-10-15)12-17-13(20-18-12)14(2)8-6-7-11-16-14/h16H,3-11H2,1-2H3. The lowest BCUT2D eigenvalue weighted by molar-refractivity contribution is -0.0469. The second-order valence-electron chi connectivity index (χ2n) is 6.27. The van der Waals surface area contributed by atoms with Gasteiger partial charge in [0.1, 0.15) is 5.60 Å². The van der Waals surface area contributed by atoms with Crippen molar-refractivity contribution in [3.05, 3.63) is 11.7 Å². The highest BCUT2D eigenvalue weighted by Gasteiger charge is 2.43. The quantitative estimate of drug-likeness (QED) is 0.918. The number of hydrogen-bond acceptors (Lipinski definition) is 5. The average Bonchev–Trinajstić information content (AvgIpc) is 3.09. The van der Waals surface area contributed by atoms with Gasteiger partial charge in [0, 0.05) is 6.61 Å². The molecule has 1 N–H and O–H groups in total. The molecule has 0 radical (unpaired) electrons. The van der Waals surface area contributed by atoms with Crippen molar-refractivity contribution in [1.29, 1.82) is 0 Å². The first-order valence-electron chi connectivity index (χ1n) is 7.92. The van der Waals surface area contributed by atoms with Crippen LogP contribution in [-0.4, -0.2) is 23.3 Å². The van der Waals surface area contributed by atoms with Crippen LogP contribution < -0.4 is 5.32 Å². The van der Waals surface area contributed by atoms with E-state index in [1.54, 1.807) is 0 Å². The van der Waals surface area contributed by atoms with Crippen LogP contribution in [0.4, 0.5) is 0 Å². The largest absolute Gasteiger partial charge is 0.367 e. The second-order valence-corrected chi connectivity index (χ2v) is 6.27. The van der Waals surface area contributed by atoms with Crippen LogP contribution in [0.2, 0.25) is 0 Å². The Labute approximate surface area is 120 Å². The fraction of sp³-hybridized carbons (Fsp3) is 0.867. The van der Waals surface area contributed by atoms with Crippen LogP contribution in [0.5, 0.6) is 0 Å². The molecule has 2 aliphatic rings. The molecule has 1 saturated heterocycles. The molecule has 2 heterocycles. The number of rotatable bonds is 4. The summed E-state index contributed by atoms with van der Waals surface area (Å²) in [6.45, 7) is 5.90. The van der Waals surface area contributed by atoms with Crippen molar-refractivity contribution in [2.75, 3.05) is 13.2 Å². The van der Waals surface area contributed by atoms with E-state index in [9.17, 15) is 0 Å². The molecule has 0 spiro atoms. The minimum Gasteiger partial charge on any atom is -0.367 e. The van der Waals surface area contributed by atoms with Gasteiger partial charge in [-0.3, -0.25) is 0 Å². The van der Waals surface area contributed by atoms with E-state index in [-0.39, 0.29) is 11.1 Å². The fourth-order valence-electron chi connectivity index (χ4n) is 3.53. The molecule has 1 aromatic rings. The van der Waals surface area contributed by atoms with Crippen LogP contribution >= 0.6 is 0 Å². The third-order valence-electron chi connectivity index (χ3n) is 4.76. The van der Waals surface area contributed by atoms with Gasteiger partial charge in [-0.25, -0.2) is 0 Å². The Morgan fingerprint density at radius 2 is 1.95 bits per heavy atom. The topological polar surface area (TPSA) is 60.2 Å². The van der Waals surface area contributed by atoms with Gasteiger partial charge >= 0.3 is 0 Å². The monoisotopic (exact) mass is 279 g/mol. The van der Waals surface area contributed by atoms with Crippen LogP contribution in [0, 0.1) is 0 Å². The molecule has 5 heteroatoms. The summed E-state index contributed by atoms with van der Waals surface area (Å²) in [5.74, 6) is 1.47. The molecule has 1 atom stereocenters. The molecule has 0 aromatic carbocycles. The molecule has 1 aliphatic carbocycles. The second kappa shape index (κ2) is 5.45. The molecule has 1 unspecified atom stereocenters. The maximum absolute atomic E-state index is 6.00. The van der Waals surface area contributed by atoms with Crippen molar-refractivity contribution in [2.24, 2.45) is 0 Å². The Hall–Kier alpha value is -0.940. The maximum Gasteiger partial charge on any atom is 0.246 e. The molecule has 1 aliphatic heterocycles. The van der Waals surface area contributed by atoms with E-state index in [0.29, 0.717) is 6.61 Å². The van der Waals surface area contributed by atoms with Crippen molar-refractivity contribution in [1.82, 2.24) is 15.5 Å². The lowest BCUT2D eigenvalue weighted by Gasteiger charge is -2.31. The van der Waals surface area contributed by atoms with Gasteiger partial charge in [-0.1, -0.05) is 5.16 Å². The summed E-state index contributed by atoms with van der Waals surface area (Å²) in [6.07, 6.45) is 7.85. The number of piperidine rings is 1. The summed E-state index contributed by atoms with van der Waals surface area (Å²) in [5.41, 5.74) is -0.475. The predicted molar refractivity (Wildman–Crippen MR) is 75.3 cm³/mol. The third kappa shape index (κ3) is 2.37. The van der Waals surface area contributed by atoms with Gasteiger partial charge in [-0.15, -0.1) is 0 Å². The smallest absolute Gasteiger partial charge is 0.246 e. The summed E-state index contributed by atoms with van der Waals surface area (Å²) in [5, 5.41) is 7.78. The van der Waals surface area contributed by atoms with E-state index in [2.05, 4.69) is 17.4 Å². The minimum atomic E-state index is -0.304. The SMILES string of the molecule is CCOC1(c2noc(C3(C)CCCCN3)n2)CCCC1. The Balaban J connectivity index is 1.85. The predicted octanol–water partition coefficient (Wildman–Crippen LogP) is 2.86. The molecular weight excluding hydrogens is 254 g/mol. The van der Waals surface area contributed by atoms with Crippen LogP contribution in [0.15, 0.2) is 4.52 Å². The number of nitrogens with zero attached hydrogens (tertiary/aromatic N) is 2. The Kier molecular flexibility index (Phi) is 3.82. The van der Waals surface area contributed by atoms with Crippen LogP contribution in [0.3, 0.4) is 0 Å². The first-order valence-corrected chi connectivity index (χ1v) is 7.92. The molecule has 0 amide bonds. The summed E-state index contributed by atoms with van der Waals surface area (Å²) in [6, 6.07) is 0. The zero-order valence-electron chi connectivity index (χ0n) is 12.6. The highest BCUT2D eigenvalue weighted by molar-refractivity contribution is 5.09. The van der Waals surface area contributed by atoms with Crippen LogP contribution in [-0.2, 0) is 15.9 Å². The van der Waals surface area contributed by atoms with Crippen molar-refractivity contribution >= 4 is 0 Å². The van der Waals surface area contributed by atoms with E-state index in [1.807, 2.05) is 6.92 Å².